The summed E-state index contributed by atoms with van der Waals surface area (Å²) in [5.41, 5.74) is 6.32. The van der Waals surface area contributed by atoms with Crippen molar-refractivity contribution in [2.75, 3.05) is 6.61 Å². The smallest absolute Gasteiger partial charge is 0.119 e. The van der Waals surface area contributed by atoms with Crippen LogP contribution in [0.25, 0.3) is 11.1 Å². The van der Waals surface area contributed by atoms with E-state index in [2.05, 4.69) is 60.4 Å². The molecule has 27 heavy (non-hydrogen) atoms. The highest BCUT2D eigenvalue weighted by molar-refractivity contribution is 5.64. The second-order valence-electron chi connectivity index (χ2n) is 6.92. The zero-order chi connectivity index (χ0) is 18.9. The molecule has 3 rings (SSSR count). The Morgan fingerprint density at radius 2 is 1.37 bits per heavy atom. The van der Waals surface area contributed by atoms with Crippen LogP contribution in [0.15, 0.2) is 66.9 Å². The first-order valence-electron chi connectivity index (χ1n) is 10.0. The van der Waals surface area contributed by atoms with Gasteiger partial charge in [-0.3, -0.25) is 4.98 Å². The van der Waals surface area contributed by atoms with Crippen LogP contribution in [0.2, 0.25) is 0 Å². The number of benzene rings is 2. The van der Waals surface area contributed by atoms with Gasteiger partial charge >= 0.3 is 0 Å². The highest BCUT2D eigenvalue weighted by Crippen LogP contribution is 2.23. The summed E-state index contributed by atoms with van der Waals surface area (Å²) in [4.78, 5) is 4.62. The summed E-state index contributed by atoms with van der Waals surface area (Å²) < 4.78 is 5.51. The lowest BCUT2D eigenvalue weighted by Gasteiger charge is -2.07. The fraction of sp³-hybridized carbons (Fsp3) is 0.320. The molecule has 3 aromatic rings. The number of hydrogen-bond donors (Lipinski definition) is 0. The van der Waals surface area contributed by atoms with Gasteiger partial charge < -0.3 is 4.74 Å². The van der Waals surface area contributed by atoms with Crippen molar-refractivity contribution in [3.63, 3.8) is 0 Å². The van der Waals surface area contributed by atoms with Crippen molar-refractivity contribution in [3.05, 3.63) is 83.7 Å². The molecule has 2 aromatic carbocycles. The van der Waals surface area contributed by atoms with E-state index in [-0.39, 0.29) is 0 Å². The number of hydrogen-bond acceptors (Lipinski definition) is 2. The van der Waals surface area contributed by atoms with Crippen molar-refractivity contribution < 1.29 is 4.74 Å². The van der Waals surface area contributed by atoms with E-state index in [4.69, 9.17) is 4.74 Å². The van der Waals surface area contributed by atoms with Gasteiger partial charge in [0.2, 0.25) is 0 Å². The van der Waals surface area contributed by atoms with Crippen LogP contribution in [0, 0.1) is 0 Å². The van der Waals surface area contributed by atoms with Gasteiger partial charge in [-0.05, 0) is 73.1 Å². The Hall–Kier alpha value is -2.61. The molecule has 0 fully saturated rings. The molecule has 0 spiro atoms. The van der Waals surface area contributed by atoms with Crippen LogP contribution >= 0.6 is 0 Å². The van der Waals surface area contributed by atoms with Crippen LogP contribution in [0.3, 0.4) is 0 Å². The van der Waals surface area contributed by atoms with Gasteiger partial charge in [0.25, 0.3) is 0 Å². The standard InChI is InChI=1S/C25H29NO/c1-3-5-6-21-10-16-24(26-19-21)15-9-20-7-11-22(12-8-20)23-13-17-25(18-14-23)27-4-2/h7-8,10-14,16-19H,3-6,9,15H2,1-2H3. The largest absolute Gasteiger partial charge is 0.494 e. The third kappa shape index (κ3) is 5.68. The predicted octanol–water partition coefficient (Wildman–Crippen LogP) is 6.28. The highest BCUT2D eigenvalue weighted by atomic mass is 16.5. The molecule has 0 atom stereocenters. The molecule has 0 radical (unpaired) electrons. The summed E-state index contributed by atoms with van der Waals surface area (Å²) in [6.45, 7) is 4.93. The van der Waals surface area contributed by atoms with E-state index in [1.165, 1.54) is 40.8 Å². The van der Waals surface area contributed by atoms with Gasteiger partial charge in [-0.15, -0.1) is 0 Å². The van der Waals surface area contributed by atoms with Gasteiger partial charge in [0.1, 0.15) is 5.75 Å². The molecule has 0 bridgehead atoms. The van der Waals surface area contributed by atoms with Gasteiger partial charge in [0, 0.05) is 11.9 Å². The van der Waals surface area contributed by atoms with Gasteiger partial charge in [-0.25, -0.2) is 0 Å². The monoisotopic (exact) mass is 359 g/mol. The number of aromatic nitrogens is 1. The Bertz CT molecular complexity index is 804. The molecule has 0 aliphatic heterocycles. The molecule has 140 valence electrons. The lowest BCUT2D eigenvalue weighted by Crippen LogP contribution is -1.96. The second-order valence-corrected chi connectivity index (χ2v) is 6.92. The molecule has 0 N–H and O–H groups in total. The minimum Gasteiger partial charge on any atom is -0.494 e. The molecule has 0 aliphatic carbocycles. The molecule has 2 heteroatoms. The fourth-order valence-electron chi connectivity index (χ4n) is 3.18. The van der Waals surface area contributed by atoms with E-state index < -0.39 is 0 Å². The predicted molar refractivity (Wildman–Crippen MR) is 113 cm³/mol. The molecular weight excluding hydrogens is 330 g/mol. The normalized spacial score (nSPS) is 10.7. The van der Waals surface area contributed by atoms with Gasteiger partial charge in [0.05, 0.1) is 6.61 Å². The van der Waals surface area contributed by atoms with Crippen LogP contribution in [-0.2, 0) is 19.3 Å². The third-order valence-electron chi connectivity index (χ3n) is 4.83. The maximum absolute atomic E-state index is 5.51. The average molecular weight is 360 g/mol. The van der Waals surface area contributed by atoms with E-state index in [0.717, 1.165) is 25.0 Å². The van der Waals surface area contributed by atoms with Gasteiger partial charge in [-0.1, -0.05) is 55.8 Å². The summed E-state index contributed by atoms with van der Waals surface area (Å²) in [6, 6.07) is 21.5. The maximum Gasteiger partial charge on any atom is 0.119 e. The summed E-state index contributed by atoms with van der Waals surface area (Å²) >= 11 is 0. The molecule has 0 amide bonds. The van der Waals surface area contributed by atoms with E-state index in [1.807, 2.05) is 25.3 Å². The minimum absolute atomic E-state index is 0.699. The first-order valence-corrected chi connectivity index (χ1v) is 10.0. The lowest BCUT2D eigenvalue weighted by atomic mass is 10.0. The van der Waals surface area contributed by atoms with Gasteiger partial charge in [0.15, 0.2) is 0 Å². The van der Waals surface area contributed by atoms with Crippen LogP contribution in [0.4, 0.5) is 0 Å². The van der Waals surface area contributed by atoms with Crippen molar-refractivity contribution in [1.82, 2.24) is 4.98 Å². The minimum atomic E-state index is 0.699. The SMILES string of the molecule is CCCCc1ccc(CCc2ccc(-c3ccc(OCC)cc3)cc2)nc1. The summed E-state index contributed by atoms with van der Waals surface area (Å²) in [5, 5.41) is 0. The summed E-state index contributed by atoms with van der Waals surface area (Å²) in [7, 11) is 0. The molecule has 0 saturated carbocycles. The summed E-state index contributed by atoms with van der Waals surface area (Å²) in [5.74, 6) is 0.922. The maximum atomic E-state index is 5.51. The number of nitrogens with zero attached hydrogens (tertiary/aromatic N) is 1. The molecule has 2 nitrogen and oxygen atoms in total. The van der Waals surface area contributed by atoms with E-state index in [0.29, 0.717) is 6.61 Å². The zero-order valence-electron chi connectivity index (χ0n) is 16.4. The molecule has 1 heterocycles. The number of rotatable bonds is 9. The first-order chi connectivity index (χ1) is 13.3. The quantitative estimate of drug-likeness (QED) is 0.449. The van der Waals surface area contributed by atoms with E-state index in [1.54, 1.807) is 0 Å². The molecule has 0 saturated heterocycles. The van der Waals surface area contributed by atoms with Crippen molar-refractivity contribution >= 4 is 0 Å². The van der Waals surface area contributed by atoms with Crippen LogP contribution in [0.1, 0.15) is 43.5 Å². The topological polar surface area (TPSA) is 22.1 Å². The van der Waals surface area contributed by atoms with Gasteiger partial charge in [-0.2, -0.15) is 0 Å². The van der Waals surface area contributed by atoms with Crippen LogP contribution in [0.5, 0.6) is 5.75 Å². The Morgan fingerprint density at radius 1 is 0.704 bits per heavy atom. The van der Waals surface area contributed by atoms with Crippen LogP contribution < -0.4 is 4.74 Å². The Kier molecular flexibility index (Phi) is 7.04. The van der Waals surface area contributed by atoms with E-state index in [9.17, 15) is 0 Å². The molecule has 0 aliphatic rings. The third-order valence-corrected chi connectivity index (χ3v) is 4.83. The molecule has 0 unspecified atom stereocenters. The second kappa shape index (κ2) is 9.91. The van der Waals surface area contributed by atoms with Crippen molar-refractivity contribution in [2.45, 2.75) is 46.0 Å². The number of ether oxygens (including phenoxy) is 1. The Labute approximate surface area is 163 Å². The fourth-order valence-corrected chi connectivity index (χ4v) is 3.18. The van der Waals surface area contributed by atoms with Crippen molar-refractivity contribution in [1.29, 1.82) is 0 Å². The zero-order valence-corrected chi connectivity index (χ0v) is 16.4. The number of pyridine rings is 1. The highest BCUT2D eigenvalue weighted by Gasteiger charge is 2.02. The lowest BCUT2D eigenvalue weighted by molar-refractivity contribution is 0.340. The van der Waals surface area contributed by atoms with Crippen LogP contribution in [-0.4, -0.2) is 11.6 Å². The molecular formula is C25H29NO. The van der Waals surface area contributed by atoms with Crippen molar-refractivity contribution in [3.8, 4) is 16.9 Å². The Morgan fingerprint density at radius 3 is 1.96 bits per heavy atom. The summed E-state index contributed by atoms with van der Waals surface area (Å²) in [6.07, 6.45) is 7.65. The first kappa shape index (κ1) is 19.2. The number of unbranched alkanes of at least 4 members (excludes halogenated alkanes) is 1. The Balaban J connectivity index is 1.55. The van der Waals surface area contributed by atoms with E-state index >= 15 is 0 Å². The van der Waals surface area contributed by atoms with Crippen molar-refractivity contribution in [2.24, 2.45) is 0 Å². The average Bonchev–Trinajstić information content (AvgIpc) is 2.73. The molecule has 1 aromatic heterocycles. The number of aryl methyl sites for hydroxylation is 3.